The zero-order valence-electron chi connectivity index (χ0n) is 11.3. The summed E-state index contributed by atoms with van der Waals surface area (Å²) in [4.78, 5) is 11.7. The molecule has 2 atom stereocenters. The number of amides is 1. The molecule has 0 radical (unpaired) electrons. The lowest BCUT2D eigenvalue weighted by atomic mass is 9.92. The lowest BCUT2D eigenvalue weighted by molar-refractivity contribution is -0.120. The predicted molar refractivity (Wildman–Crippen MR) is 79.3 cm³/mol. The molecule has 3 N–H and O–H groups in total. The second-order valence-corrected chi connectivity index (χ2v) is 5.17. The molecule has 3 heteroatoms. The zero-order chi connectivity index (χ0) is 13.9. The Kier molecular flexibility index (Phi) is 3.52. The summed E-state index contributed by atoms with van der Waals surface area (Å²) in [6.07, 6.45) is 0.954. The van der Waals surface area contributed by atoms with Gasteiger partial charge in [-0.25, -0.2) is 0 Å². The van der Waals surface area contributed by atoms with Gasteiger partial charge in [0.05, 0.1) is 12.6 Å². The normalized spacial score (nSPS) is 20.4. The zero-order valence-corrected chi connectivity index (χ0v) is 11.3. The van der Waals surface area contributed by atoms with Gasteiger partial charge in [-0.15, -0.1) is 0 Å². The molecule has 1 amide bonds. The van der Waals surface area contributed by atoms with Gasteiger partial charge >= 0.3 is 0 Å². The van der Waals surface area contributed by atoms with E-state index in [9.17, 15) is 4.79 Å². The van der Waals surface area contributed by atoms with Gasteiger partial charge in [0.25, 0.3) is 0 Å². The number of carbonyl (C=O) groups excluding carboxylic acids is 1. The largest absolute Gasteiger partial charge is 0.348 e. The van der Waals surface area contributed by atoms with E-state index in [0.29, 0.717) is 0 Å². The van der Waals surface area contributed by atoms with Crippen molar-refractivity contribution in [1.82, 2.24) is 5.32 Å². The van der Waals surface area contributed by atoms with Gasteiger partial charge in [0.2, 0.25) is 5.91 Å². The molecule has 2 unspecified atom stereocenters. The molecule has 1 aliphatic rings. The quantitative estimate of drug-likeness (QED) is 0.894. The Morgan fingerprint density at radius 3 is 2.55 bits per heavy atom. The number of rotatable bonds is 3. The van der Waals surface area contributed by atoms with Crippen molar-refractivity contribution in [2.24, 2.45) is 5.73 Å². The second kappa shape index (κ2) is 5.47. The summed E-state index contributed by atoms with van der Waals surface area (Å²) in [5.74, 6) is 0.178. The van der Waals surface area contributed by atoms with E-state index >= 15 is 0 Å². The van der Waals surface area contributed by atoms with Crippen LogP contribution < -0.4 is 11.1 Å². The Balaban J connectivity index is 1.96. The minimum Gasteiger partial charge on any atom is -0.348 e. The molecular formula is C17H18N2O. The van der Waals surface area contributed by atoms with Crippen molar-refractivity contribution < 1.29 is 4.79 Å². The fourth-order valence-corrected chi connectivity index (χ4v) is 3.02. The topological polar surface area (TPSA) is 55.1 Å². The highest BCUT2D eigenvalue weighted by atomic mass is 16.1. The Morgan fingerprint density at radius 2 is 1.80 bits per heavy atom. The van der Waals surface area contributed by atoms with Crippen LogP contribution in [0.25, 0.3) is 0 Å². The van der Waals surface area contributed by atoms with Crippen LogP contribution in [0.1, 0.15) is 28.7 Å². The molecule has 2 aromatic carbocycles. The van der Waals surface area contributed by atoms with Crippen LogP contribution in [0.15, 0.2) is 54.6 Å². The highest BCUT2D eigenvalue weighted by Crippen LogP contribution is 2.42. The minimum absolute atomic E-state index is 0.0182. The molecule has 0 aromatic heterocycles. The third-order valence-electron chi connectivity index (χ3n) is 3.96. The first kappa shape index (κ1) is 12.9. The average Bonchev–Trinajstić information content (AvgIpc) is 2.87. The highest BCUT2D eigenvalue weighted by molar-refractivity contribution is 5.78. The van der Waals surface area contributed by atoms with Crippen LogP contribution in [0.3, 0.4) is 0 Å². The van der Waals surface area contributed by atoms with Crippen LogP contribution in [0.5, 0.6) is 0 Å². The first-order valence-electron chi connectivity index (χ1n) is 6.92. The number of nitrogens with two attached hydrogens (primary N) is 1. The van der Waals surface area contributed by atoms with Crippen LogP contribution in [-0.2, 0) is 11.2 Å². The van der Waals surface area contributed by atoms with E-state index in [1.54, 1.807) is 0 Å². The fourth-order valence-electron chi connectivity index (χ4n) is 3.02. The van der Waals surface area contributed by atoms with E-state index in [1.807, 2.05) is 30.3 Å². The van der Waals surface area contributed by atoms with Gasteiger partial charge in [-0.3, -0.25) is 4.79 Å². The van der Waals surface area contributed by atoms with Crippen molar-refractivity contribution >= 4 is 5.91 Å². The molecule has 0 fully saturated rings. The van der Waals surface area contributed by atoms with Gasteiger partial charge in [-0.1, -0.05) is 54.6 Å². The van der Waals surface area contributed by atoms with E-state index in [1.165, 1.54) is 16.7 Å². The number of benzene rings is 2. The molecule has 0 saturated heterocycles. The SMILES string of the molecule is NCC(=O)NC1c2ccccc2CC1c1ccccc1. The Morgan fingerprint density at radius 1 is 1.10 bits per heavy atom. The molecule has 0 bridgehead atoms. The molecule has 0 saturated carbocycles. The predicted octanol–water partition coefficient (Wildman–Crippen LogP) is 2.14. The molecule has 102 valence electrons. The van der Waals surface area contributed by atoms with Crippen molar-refractivity contribution in [3.8, 4) is 0 Å². The highest BCUT2D eigenvalue weighted by Gasteiger charge is 2.33. The summed E-state index contributed by atoms with van der Waals surface area (Å²) in [7, 11) is 0. The van der Waals surface area contributed by atoms with Gasteiger partial charge in [-0.2, -0.15) is 0 Å². The molecule has 2 aromatic rings. The van der Waals surface area contributed by atoms with Crippen LogP contribution in [0, 0.1) is 0 Å². The number of carbonyl (C=O) groups is 1. The summed E-state index contributed by atoms with van der Waals surface area (Å²) >= 11 is 0. The first-order valence-corrected chi connectivity index (χ1v) is 6.92. The van der Waals surface area contributed by atoms with Crippen molar-refractivity contribution in [2.45, 2.75) is 18.4 Å². The summed E-state index contributed by atoms with van der Waals surface area (Å²) in [5.41, 5.74) is 9.22. The van der Waals surface area contributed by atoms with E-state index in [2.05, 4.69) is 29.6 Å². The lowest BCUT2D eigenvalue weighted by Crippen LogP contribution is -2.35. The van der Waals surface area contributed by atoms with Gasteiger partial charge < -0.3 is 11.1 Å². The Bertz CT molecular complexity index is 609. The van der Waals surface area contributed by atoms with Gasteiger partial charge in [0, 0.05) is 5.92 Å². The molecule has 0 spiro atoms. The van der Waals surface area contributed by atoms with E-state index in [-0.39, 0.29) is 24.4 Å². The minimum atomic E-state index is -0.104. The molecule has 3 rings (SSSR count). The summed E-state index contributed by atoms with van der Waals surface area (Å²) in [6, 6.07) is 18.7. The Labute approximate surface area is 118 Å². The first-order chi connectivity index (χ1) is 9.79. The van der Waals surface area contributed by atoms with Crippen molar-refractivity contribution in [3.63, 3.8) is 0 Å². The lowest BCUT2D eigenvalue weighted by Gasteiger charge is -2.22. The maximum Gasteiger partial charge on any atom is 0.234 e. The third-order valence-corrected chi connectivity index (χ3v) is 3.96. The summed E-state index contributed by atoms with van der Waals surface area (Å²) < 4.78 is 0. The Hall–Kier alpha value is -2.13. The second-order valence-electron chi connectivity index (χ2n) is 5.17. The van der Waals surface area contributed by atoms with Gasteiger partial charge in [0.1, 0.15) is 0 Å². The molecule has 3 nitrogen and oxygen atoms in total. The van der Waals surface area contributed by atoms with Crippen LogP contribution in [0.4, 0.5) is 0 Å². The number of hydrogen-bond acceptors (Lipinski definition) is 2. The van der Waals surface area contributed by atoms with Crippen LogP contribution >= 0.6 is 0 Å². The maximum atomic E-state index is 11.7. The van der Waals surface area contributed by atoms with Gasteiger partial charge in [-0.05, 0) is 23.1 Å². The fraction of sp³-hybridized carbons (Fsp3) is 0.235. The maximum absolute atomic E-state index is 11.7. The summed E-state index contributed by atoms with van der Waals surface area (Å²) in [6.45, 7) is 0.0280. The number of hydrogen-bond donors (Lipinski definition) is 2. The van der Waals surface area contributed by atoms with Crippen LogP contribution in [0.2, 0.25) is 0 Å². The van der Waals surface area contributed by atoms with Crippen molar-refractivity contribution in [2.75, 3.05) is 6.54 Å². The van der Waals surface area contributed by atoms with Crippen molar-refractivity contribution in [3.05, 3.63) is 71.3 Å². The monoisotopic (exact) mass is 266 g/mol. The number of fused-ring (bicyclic) bond motifs is 1. The smallest absolute Gasteiger partial charge is 0.234 e. The average molecular weight is 266 g/mol. The molecular weight excluding hydrogens is 248 g/mol. The molecule has 0 heterocycles. The molecule has 1 aliphatic carbocycles. The molecule has 0 aliphatic heterocycles. The third kappa shape index (κ3) is 2.32. The van der Waals surface area contributed by atoms with Crippen molar-refractivity contribution in [1.29, 1.82) is 0 Å². The molecule has 20 heavy (non-hydrogen) atoms. The summed E-state index contributed by atoms with van der Waals surface area (Å²) in [5, 5.41) is 3.07. The number of nitrogens with one attached hydrogen (secondary N) is 1. The van der Waals surface area contributed by atoms with Crippen LogP contribution in [-0.4, -0.2) is 12.5 Å². The van der Waals surface area contributed by atoms with E-state index in [0.717, 1.165) is 6.42 Å². The van der Waals surface area contributed by atoms with E-state index < -0.39 is 0 Å². The van der Waals surface area contributed by atoms with E-state index in [4.69, 9.17) is 5.73 Å². The standard InChI is InChI=1S/C17H18N2O/c18-11-16(20)19-17-14-9-5-4-8-13(14)10-15(17)12-6-2-1-3-7-12/h1-9,15,17H,10-11,18H2,(H,19,20). The van der Waals surface area contributed by atoms with Gasteiger partial charge in [0.15, 0.2) is 0 Å².